The molecule has 0 aliphatic heterocycles. The van der Waals surface area contributed by atoms with Crippen LogP contribution in [0.2, 0.25) is 0 Å². The zero-order chi connectivity index (χ0) is 15.1. The molecule has 1 heterocycles. The molecule has 0 N–H and O–H groups in total. The zero-order valence-corrected chi connectivity index (χ0v) is 12.5. The lowest BCUT2D eigenvalue weighted by Gasteiger charge is -2.12. The van der Waals surface area contributed by atoms with Gasteiger partial charge in [-0.2, -0.15) is 5.26 Å². The van der Waals surface area contributed by atoms with Gasteiger partial charge in [-0.1, -0.05) is 30.3 Å². The molecule has 4 rings (SSSR count). The van der Waals surface area contributed by atoms with Gasteiger partial charge >= 0.3 is 0 Å². The molecule has 1 aliphatic rings. The van der Waals surface area contributed by atoms with E-state index in [-0.39, 0.29) is 0 Å². The highest BCUT2D eigenvalue weighted by Gasteiger charge is 2.27. The highest BCUT2D eigenvalue weighted by molar-refractivity contribution is 5.96. The molecule has 1 aromatic heterocycles. The summed E-state index contributed by atoms with van der Waals surface area (Å²) in [6.45, 7) is 2.16. The Morgan fingerprint density at radius 3 is 2.55 bits per heavy atom. The van der Waals surface area contributed by atoms with E-state index in [2.05, 4.69) is 31.2 Å². The summed E-state index contributed by atoms with van der Waals surface area (Å²) in [6.07, 6.45) is 4.59. The Hall–Kier alpha value is -2.66. The van der Waals surface area contributed by atoms with Crippen molar-refractivity contribution in [3.8, 4) is 17.2 Å². The van der Waals surface area contributed by atoms with Gasteiger partial charge in [0.2, 0.25) is 0 Å². The molecule has 22 heavy (non-hydrogen) atoms. The Bertz CT molecular complexity index is 897. The number of rotatable bonds is 2. The molecule has 2 nitrogen and oxygen atoms in total. The van der Waals surface area contributed by atoms with Crippen LogP contribution in [0.4, 0.5) is 0 Å². The fourth-order valence-corrected chi connectivity index (χ4v) is 3.21. The summed E-state index contributed by atoms with van der Waals surface area (Å²) in [5.74, 6) is 0.710. The van der Waals surface area contributed by atoms with E-state index in [0.29, 0.717) is 11.5 Å². The molecule has 2 aromatic carbocycles. The van der Waals surface area contributed by atoms with Crippen LogP contribution in [0.25, 0.3) is 22.0 Å². The molecular formula is C20H16N2. The van der Waals surface area contributed by atoms with Gasteiger partial charge in [0.05, 0.1) is 17.1 Å². The van der Waals surface area contributed by atoms with E-state index in [1.807, 2.05) is 30.5 Å². The van der Waals surface area contributed by atoms with Crippen LogP contribution < -0.4 is 0 Å². The van der Waals surface area contributed by atoms with Gasteiger partial charge in [0.15, 0.2) is 0 Å². The molecule has 0 amide bonds. The molecule has 1 saturated carbocycles. The lowest BCUT2D eigenvalue weighted by Crippen LogP contribution is -1.93. The Morgan fingerprint density at radius 1 is 1.09 bits per heavy atom. The second-order valence-corrected chi connectivity index (χ2v) is 6.02. The third-order valence-corrected chi connectivity index (χ3v) is 4.45. The lowest BCUT2D eigenvalue weighted by molar-refractivity contribution is 1.10. The molecule has 0 spiro atoms. The van der Waals surface area contributed by atoms with Gasteiger partial charge in [-0.15, -0.1) is 0 Å². The highest BCUT2D eigenvalue weighted by atomic mass is 14.7. The predicted molar refractivity (Wildman–Crippen MR) is 88.6 cm³/mol. The van der Waals surface area contributed by atoms with Gasteiger partial charge in [0.1, 0.15) is 0 Å². The Morgan fingerprint density at radius 2 is 1.86 bits per heavy atom. The molecule has 0 bridgehead atoms. The van der Waals surface area contributed by atoms with Crippen molar-refractivity contribution in [2.24, 2.45) is 0 Å². The third kappa shape index (κ3) is 2.07. The summed E-state index contributed by atoms with van der Waals surface area (Å²) in [5, 5.41) is 10.2. The van der Waals surface area contributed by atoms with Crippen LogP contribution in [0.5, 0.6) is 0 Å². The molecule has 3 aromatic rings. The number of fused-ring (bicyclic) bond motifs is 1. The van der Waals surface area contributed by atoms with Gasteiger partial charge in [-0.3, -0.25) is 4.98 Å². The van der Waals surface area contributed by atoms with Crippen molar-refractivity contribution < 1.29 is 0 Å². The fourth-order valence-electron chi connectivity index (χ4n) is 3.21. The van der Waals surface area contributed by atoms with E-state index in [4.69, 9.17) is 10.2 Å². The average molecular weight is 284 g/mol. The van der Waals surface area contributed by atoms with Crippen molar-refractivity contribution in [1.82, 2.24) is 4.98 Å². The maximum atomic E-state index is 8.94. The minimum atomic E-state index is 0.687. The lowest BCUT2D eigenvalue weighted by atomic mass is 9.95. The maximum absolute atomic E-state index is 8.94. The maximum Gasteiger partial charge on any atom is 0.0991 e. The number of para-hydroxylation sites is 1. The van der Waals surface area contributed by atoms with Gasteiger partial charge in [-0.25, -0.2) is 0 Å². The molecule has 2 heteroatoms. The van der Waals surface area contributed by atoms with Crippen molar-refractivity contribution in [3.63, 3.8) is 0 Å². The summed E-state index contributed by atoms with van der Waals surface area (Å²) in [5.41, 5.74) is 6.78. The molecule has 0 radical (unpaired) electrons. The topological polar surface area (TPSA) is 36.7 Å². The predicted octanol–water partition coefficient (Wildman–Crippen LogP) is 4.96. The average Bonchev–Trinajstić information content (AvgIpc) is 3.39. The molecule has 1 fully saturated rings. The summed E-state index contributed by atoms with van der Waals surface area (Å²) in [4.78, 5) is 4.71. The number of nitrogens with zero attached hydrogens (tertiary/aromatic N) is 2. The molecule has 1 aliphatic carbocycles. The van der Waals surface area contributed by atoms with Crippen LogP contribution in [-0.2, 0) is 0 Å². The Kier molecular flexibility index (Phi) is 2.94. The van der Waals surface area contributed by atoms with Crippen molar-refractivity contribution in [2.75, 3.05) is 0 Å². The number of hydrogen-bond donors (Lipinski definition) is 0. The van der Waals surface area contributed by atoms with Gasteiger partial charge in [0.25, 0.3) is 0 Å². The Labute approximate surface area is 130 Å². The monoisotopic (exact) mass is 284 g/mol. The first kappa shape index (κ1) is 13.0. The van der Waals surface area contributed by atoms with Crippen LogP contribution in [-0.4, -0.2) is 4.98 Å². The van der Waals surface area contributed by atoms with Crippen LogP contribution in [0, 0.1) is 18.3 Å². The van der Waals surface area contributed by atoms with Crippen molar-refractivity contribution in [1.29, 1.82) is 5.26 Å². The first-order valence-corrected chi connectivity index (χ1v) is 7.66. The van der Waals surface area contributed by atoms with Crippen LogP contribution in [0.3, 0.4) is 0 Å². The number of nitriles is 1. The van der Waals surface area contributed by atoms with Gasteiger partial charge in [0, 0.05) is 17.1 Å². The summed E-state index contributed by atoms with van der Waals surface area (Å²) < 4.78 is 0. The molecule has 0 unspecified atom stereocenters. The van der Waals surface area contributed by atoms with Crippen molar-refractivity contribution >= 4 is 10.9 Å². The second kappa shape index (κ2) is 4.96. The van der Waals surface area contributed by atoms with Gasteiger partial charge < -0.3 is 0 Å². The normalized spacial score (nSPS) is 14.0. The van der Waals surface area contributed by atoms with E-state index in [1.165, 1.54) is 29.4 Å². The molecule has 0 atom stereocenters. The van der Waals surface area contributed by atoms with Crippen LogP contribution in [0.1, 0.15) is 35.4 Å². The summed E-state index contributed by atoms with van der Waals surface area (Å²) in [6, 6.07) is 16.3. The summed E-state index contributed by atoms with van der Waals surface area (Å²) >= 11 is 0. The second-order valence-electron chi connectivity index (χ2n) is 6.02. The Balaban J connectivity index is 1.95. The highest BCUT2D eigenvalue weighted by Crippen LogP contribution is 2.45. The number of pyridine rings is 1. The zero-order valence-electron chi connectivity index (χ0n) is 12.5. The van der Waals surface area contributed by atoms with E-state index in [0.717, 1.165) is 16.6 Å². The molecular weight excluding hydrogens is 268 g/mol. The van der Waals surface area contributed by atoms with E-state index >= 15 is 0 Å². The minimum Gasteiger partial charge on any atom is -0.255 e. The van der Waals surface area contributed by atoms with E-state index in [9.17, 15) is 0 Å². The van der Waals surface area contributed by atoms with Gasteiger partial charge in [-0.05, 0) is 54.5 Å². The smallest absolute Gasteiger partial charge is 0.0991 e. The summed E-state index contributed by atoms with van der Waals surface area (Å²) in [7, 11) is 0. The molecule has 106 valence electrons. The van der Waals surface area contributed by atoms with Crippen molar-refractivity contribution in [2.45, 2.75) is 25.7 Å². The van der Waals surface area contributed by atoms with Crippen LogP contribution >= 0.6 is 0 Å². The van der Waals surface area contributed by atoms with E-state index < -0.39 is 0 Å². The molecule has 0 saturated heterocycles. The van der Waals surface area contributed by atoms with Crippen LogP contribution in [0.15, 0.2) is 48.7 Å². The standard InChI is InChI=1S/C20H16N2/c1-13-12-22-20-17(15-7-5-14(11-21)6-8-15)3-2-4-18(20)19(13)16-9-10-16/h2-8,12,16H,9-10H2,1H3. The first-order valence-electron chi connectivity index (χ1n) is 7.66. The fraction of sp³-hybridized carbons (Fsp3) is 0.200. The quantitative estimate of drug-likeness (QED) is 0.667. The minimum absolute atomic E-state index is 0.687. The number of benzene rings is 2. The van der Waals surface area contributed by atoms with E-state index in [1.54, 1.807) is 0 Å². The largest absolute Gasteiger partial charge is 0.255 e. The number of aromatic nitrogens is 1. The first-order chi connectivity index (χ1) is 10.8. The SMILES string of the molecule is Cc1cnc2c(-c3ccc(C#N)cc3)cccc2c1C1CC1. The number of aryl methyl sites for hydroxylation is 1. The van der Waals surface area contributed by atoms with Crippen molar-refractivity contribution in [3.05, 3.63) is 65.4 Å². The third-order valence-electron chi connectivity index (χ3n) is 4.45. The number of hydrogen-bond acceptors (Lipinski definition) is 2.